The first-order chi connectivity index (χ1) is 14.0. The Morgan fingerprint density at radius 2 is 1.79 bits per heavy atom. The molecule has 1 aromatic carbocycles. The highest BCUT2D eigenvalue weighted by atomic mass is 79.9. The molecule has 0 unspecified atom stereocenters. The summed E-state index contributed by atoms with van der Waals surface area (Å²) < 4.78 is 2.64. The van der Waals surface area contributed by atoms with Crippen molar-refractivity contribution >= 4 is 33.5 Å². The quantitative estimate of drug-likeness (QED) is 0.712. The average Bonchev–Trinajstić information content (AvgIpc) is 2.74. The second-order valence-electron chi connectivity index (χ2n) is 7.94. The maximum Gasteiger partial charge on any atom is 0.255 e. The van der Waals surface area contributed by atoms with Crippen molar-refractivity contribution in [2.45, 2.75) is 31.5 Å². The minimum Gasteiger partial charge on any atom is -0.388 e. The van der Waals surface area contributed by atoms with Crippen LogP contribution in [0, 0.1) is 0 Å². The van der Waals surface area contributed by atoms with Crippen LogP contribution in [0.15, 0.2) is 45.9 Å². The number of benzene rings is 1. The molecule has 3 heterocycles. The summed E-state index contributed by atoms with van der Waals surface area (Å²) in [6, 6.07) is 9.97. The van der Waals surface area contributed by atoms with Crippen LogP contribution in [0.2, 0.25) is 0 Å². The van der Waals surface area contributed by atoms with Crippen molar-refractivity contribution in [3.05, 3.63) is 57.0 Å². The summed E-state index contributed by atoms with van der Waals surface area (Å²) in [5, 5.41) is 11.1. The monoisotopic (exact) mass is 478 g/mol. The molecular weight excluding hydrogens is 452 g/mol. The lowest BCUT2D eigenvalue weighted by Crippen LogP contribution is -2.47. The van der Waals surface area contributed by atoms with Gasteiger partial charge in [-0.25, -0.2) is 4.98 Å². The van der Waals surface area contributed by atoms with Gasteiger partial charge in [-0.15, -0.1) is 0 Å². The third-order valence-electron chi connectivity index (χ3n) is 5.77. The molecule has 0 atom stereocenters. The second kappa shape index (κ2) is 9.20. The van der Waals surface area contributed by atoms with Crippen LogP contribution < -0.4 is 10.5 Å². The first-order valence-electron chi connectivity index (χ1n) is 10.1. The van der Waals surface area contributed by atoms with Crippen molar-refractivity contribution in [1.29, 1.82) is 0 Å². The molecule has 6 nitrogen and oxygen atoms in total. The Labute approximate surface area is 184 Å². The minimum absolute atomic E-state index is 0.0843. The highest BCUT2D eigenvalue weighted by Crippen LogP contribution is 2.25. The summed E-state index contributed by atoms with van der Waals surface area (Å²) in [5.74, 6) is 2.89. The van der Waals surface area contributed by atoms with E-state index in [1.165, 1.54) is 5.56 Å². The van der Waals surface area contributed by atoms with Crippen molar-refractivity contribution in [2.75, 3.05) is 42.6 Å². The predicted molar refractivity (Wildman–Crippen MR) is 122 cm³/mol. The van der Waals surface area contributed by atoms with E-state index in [4.69, 9.17) is 0 Å². The number of likely N-dealkylation sites (tertiary alicyclic amines) is 1. The fourth-order valence-electron chi connectivity index (χ4n) is 3.95. The normalized spacial score (nSPS) is 20.0. The van der Waals surface area contributed by atoms with Crippen molar-refractivity contribution in [1.82, 2.24) is 14.5 Å². The standard InChI is InChI=1S/C21H27BrN4O2S/c22-18-3-1-17(2-4-18)14-24-7-5-21(28,6-8-24)15-26-16-23-19(13-20(26)27)25-9-11-29-12-10-25/h1-4,13,16,28H,5-12,14-15H2. The smallest absolute Gasteiger partial charge is 0.255 e. The highest BCUT2D eigenvalue weighted by molar-refractivity contribution is 9.10. The number of halogens is 1. The largest absolute Gasteiger partial charge is 0.388 e. The van der Waals surface area contributed by atoms with Crippen LogP contribution in [-0.2, 0) is 13.1 Å². The number of aliphatic hydroxyl groups is 1. The van der Waals surface area contributed by atoms with Crippen LogP contribution in [0.3, 0.4) is 0 Å². The highest BCUT2D eigenvalue weighted by Gasteiger charge is 2.33. The van der Waals surface area contributed by atoms with Gasteiger partial charge in [0.15, 0.2) is 0 Å². The summed E-state index contributed by atoms with van der Waals surface area (Å²) >= 11 is 5.40. The fraction of sp³-hybridized carbons (Fsp3) is 0.524. The molecule has 8 heteroatoms. The van der Waals surface area contributed by atoms with Crippen LogP contribution in [0.25, 0.3) is 0 Å². The molecule has 0 aliphatic carbocycles. The van der Waals surface area contributed by atoms with Crippen molar-refractivity contribution in [3.8, 4) is 0 Å². The molecule has 0 saturated carbocycles. The molecule has 0 spiro atoms. The van der Waals surface area contributed by atoms with E-state index < -0.39 is 5.60 Å². The molecule has 2 aliphatic heterocycles. The number of hydrogen-bond acceptors (Lipinski definition) is 6. The van der Waals surface area contributed by atoms with E-state index in [9.17, 15) is 9.90 Å². The number of hydrogen-bond donors (Lipinski definition) is 1. The van der Waals surface area contributed by atoms with Crippen LogP contribution in [-0.4, -0.2) is 62.8 Å². The molecule has 29 heavy (non-hydrogen) atoms. The molecule has 0 bridgehead atoms. The van der Waals surface area contributed by atoms with Crippen LogP contribution in [0.5, 0.6) is 0 Å². The van der Waals surface area contributed by atoms with Crippen LogP contribution >= 0.6 is 27.7 Å². The Kier molecular flexibility index (Phi) is 6.63. The van der Waals surface area contributed by atoms with Gasteiger partial charge in [0.05, 0.1) is 18.5 Å². The van der Waals surface area contributed by atoms with Gasteiger partial charge in [-0.1, -0.05) is 28.1 Å². The van der Waals surface area contributed by atoms with E-state index in [1.807, 2.05) is 11.8 Å². The third kappa shape index (κ3) is 5.42. The summed E-state index contributed by atoms with van der Waals surface area (Å²) in [7, 11) is 0. The number of rotatable bonds is 5. The zero-order valence-corrected chi connectivity index (χ0v) is 18.9. The van der Waals surface area contributed by atoms with Crippen molar-refractivity contribution < 1.29 is 5.11 Å². The molecule has 4 rings (SSSR count). The molecule has 156 valence electrons. The fourth-order valence-corrected chi connectivity index (χ4v) is 5.12. The van der Waals surface area contributed by atoms with E-state index in [2.05, 4.69) is 55.0 Å². The van der Waals surface area contributed by atoms with Gasteiger partial charge < -0.3 is 10.0 Å². The number of anilines is 1. The van der Waals surface area contributed by atoms with Crippen LogP contribution in [0.1, 0.15) is 18.4 Å². The molecule has 2 aromatic rings. The minimum atomic E-state index is -0.856. The van der Waals surface area contributed by atoms with Gasteiger partial charge in [0, 0.05) is 54.8 Å². The lowest BCUT2D eigenvalue weighted by atomic mass is 9.91. The molecule has 1 aromatic heterocycles. The Morgan fingerprint density at radius 3 is 2.45 bits per heavy atom. The van der Waals surface area contributed by atoms with Gasteiger partial charge in [-0.3, -0.25) is 14.3 Å². The third-order valence-corrected chi connectivity index (χ3v) is 7.24. The van der Waals surface area contributed by atoms with Gasteiger partial charge in [0.2, 0.25) is 0 Å². The molecule has 2 saturated heterocycles. The SMILES string of the molecule is O=c1cc(N2CCSCC2)ncn1CC1(O)CCN(Cc2ccc(Br)cc2)CC1. The molecular formula is C21H27BrN4O2S. The van der Waals surface area contributed by atoms with Gasteiger partial charge in [-0.2, -0.15) is 11.8 Å². The Hall–Kier alpha value is -1.35. The Balaban J connectivity index is 1.34. The summed E-state index contributed by atoms with van der Waals surface area (Å²) in [4.78, 5) is 21.6. The van der Waals surface area contributed by atoms with E-state index in [-0.39, 0.29) is 5.56 Å². The maximum atomic E-state index is 12.6. The van der Waals surface area contributed by atoms with Gasteiger partial charge in [-0.05, 0) is 30.5 Å². The second-order valence-corrected chi connectivity index (χ2v) is 10.1. The Bertz CT molecular complexity index is 875. The molecule has 0 amide bonds. The molecule has 0 radical (unpaired) electrons. The van der Waals surface area contributed by atoms with Gasteiger partial charge >= 0.3 is 0 Å². The van der Waals surface area contributed by atoms with Crippen molar-refractivity contribution in [3.63, 3.8) is 0 Å². The Morgan fingerprint density at radius 1 is 1.10 bits per heavy atom. The molecule has 2 fully saturated rings. The summed E-state index contributed by atoms with van der Waals surface area (Å²) in [6.45, 7) is 4.68. The first-order valence-corrected chi connectivity index (χ1v) is 12.0. The van der Waals surface area contributed by atoms with E-state index in [0.717, 1.165) is 54.5 Å². The topological polar surface area (TPSA) is 61.6 Å². The zero-order chi connectivity index (χ0) is 20.3. The maximum absolute atomic E-state index is 12.6. The number of piperidine rings is 1. The lowest BCUT2D eigenvalue weighted by Gasteiger charge is -2.38. The number of thioether (sulfide) groups is 1. The predicted octanol–water partition coefficient (Wildman–Crippen LogP) is 2.59. The number of nitrogens with zero attached hydrogens (tertiary/aromatic N) is 4. The first kappa shape index (κ1) is 20.9. The lowest BCUT2D eigenvalue weighted by molar-refractivity contribution is -0.0365. The summed E-state index contributed by atoms with van der Waals surface area (Å²) in [5.41, 5.74) is 0.329. The molecule has 1 N–H and O–H groups in total. The van der Waals surface area contributed by atoms with Gasteiger partial charge in [0.1, 0.15) is 5.82 Å². The van der Waals surface area contributed by atoms with Crippen molar-refractivity contribution in [2.24, 2.45) is 0 Å². The zero-order valence-electron chi connectivity index (χ0n) is 16.5. The number of aromatic nitrogens is 2. The van der Waals surface area contributed by atoms with E-state index in [1.54, 1.807) is 17.0 Å². The van der Waals surface area contributed by atoms with Gasteiger partial charge in [0.25, 0.3) is 5.56 Å². The van der Waals surface area contributed by atoms with E-state index >= 15 is 0 Å². The summed E-state index contributed by atoms with van der Waals surface area (Å²) in [6.07, 6.45) is 2.91. The van der Waals surface area contributed by atoms with E-state index in [0.29, 0.717) is 19.4 Å². The molecule has 2 aliphatic rings. The average molecular weight is 479 g/mol. The van der Waals surface area contributed by atoms with Crippen LogP contribution in [0.4, 0.5) is 5.82 Å².